The van der Waals surface area contributed by atoms with Crippen LogP contribution in [0, 0.1) is 5.92 Å². The van der Waals surface area contributed by atoms with Crippen LogP contribution in [-0.4, -0.2) is 51.5 Å². The van der Waals surface area contributed by atoms with Crippen LogP contribution in [0.4, 0.5) is 10.6 Å². The van der Waals surface area contributed by atoms with Gasteiger partial charge in [-0.15, -0.1) is 0 Å². The minimum absolute atomic E-state index is 0.0174. The lowest BCUT2D eigenvalue weighted by Gasteiger charge is -2.43. The fraction of sp³-hybridized carbons (Fsp3) is 0.478. The molecule has 9 nitrogen and oxygen atoms in total. The van der Waals surface area contributed by atoms with Crippen LogP contribution in [0.1, 0.15) is 44.1 Å². The average Bonchev–Trinajstić information content (AvgIpc) is 2.76. The van der Waals surface area contributed by atoms with Crippen LogP contribution in [0.3, 0.4) is 0 Å². The van der Waals surface area contributed by atoms with E-state index in [1.54, 1.807) is 6.20 Å². The number of hydrogen-bond donors (Lipinski definition) is 4. The van der Waals surface area contributed by atoms with Gasteiger partial charge in [-0.05, 0) is 48.3 Å². The highest BCUT2D eigenvalue weighted by Gasteiger charge is 2.42. The van der Waals surface area contributed by atoms with Crippen LogP contribution < -0.4 is 16.4 Å². The lowest BCUT2D eigenvalue weighted by Crippen LogP contribution is -2.63. The van der Waals surface area contributed by atoms with Crippen LogP contribution >= 0.6 is 0 Å². The number of nitrogen functional groups attached to an aromatic ring is 1. The number of likely N-dealkylation sites (tertiary alicyclic amines) is 1. The molecule has 1 aromatic heterocycles. The van der Waals surface area contributed by atoms with Crippen molar-refractivity contribution in [3.8, 4) is 0 Å². The number of hydrogen-bond acceptors (Lipinski definition) is 5. The first-order valence-electron chi connectivity index (χ1n) is 11.1. The van der Waals surface area contributed by atoms with Gasteiger partial charge in [-0.1, -0.05) is 31.4 Å². The summed E-state index contributed by atoms with van der Waals surface area (Å²) in [4.78, 5) is 42.8. The van der Waals surface area contributed by atoms with Crippen molar-refractivity contribution in [2.45, 2.75) is 57.2 Å². The molecule has 2 fully saturated rings. The third-order valence-corrected chi connectivity index (χ3v) is 6.60. The van der Waals surface area contributed by atoms with Crippen molar-refractivity contribution in [2.24, 2.45) is 5.92 Å². The first-order valence-corrected chi connectivity index (χ1v) is 11.1. The number of benzene rings is 1. The fourth-order valence-corrected chi connectivity index (χ4v) is 4.75. The van der Waals surface area contributed by atoms with Crippen molar-refractivity contribution in [1.29, 1.82) is 0 Å². The minimum Gasteiger partial charge on any atom is -0.465 e. The maximum Gasteiger partial charge on any atom is 0.405 e. The molecule has 1 saturated heterocycles. The molecule has 0 spiro atoms. The minimum atomic E-state index is -1.21. The van der Waals surface area contributed by atoms with E-state index in [0.717, 1.165) is 48.4 Å². The van der Waals surface area contributed by atoms with Crippen molar-refractivity contribution in [3.05, 3.63) is 36.0 Å². The molecular formula is C23H29N5O4. The Morgan fingerprint density at radius 1 is 1.16 bits per heavy atom. The molecule has 9 heteroatoms. The van der Waals surface area contributed by atoms with Gasteiger partial charge in [0.05, 0.1) is 0 Å². The number of pyridine rings is 1. The first-order chi connectivity index (χ1) is 15.4. The molecule has 1 aliphatic carbocycles. The molecule has 5 N–H and O–H groups in total. The van der Waals surface area contributed by atoms with Gasteiger partial charge in [0, 0.05) is 24.7 Å². The second kappa shape index (κ2) is 9.42. The number of carbonyl (C=O) groups excluding carboxylic acids is 2. The van der Waals surface area contributed by atoms with E-state index in [0.29, 0.717) is 25.3 Å². The molecule has 170 valence electrons. The number of nitrogens with one attached hydrogen (secondary N) is 2. The number of amides is 3. The van der Waals surface area contributed by atoms with Gasteiger partial charge in [0.15, 0.2) is 0 Å². The van der Waals surface area contributed by atoms with Crippen LogP contribution in [0.15, 0.2) is 30.5 Å². The lowest BCUT2D eigenvalue weighted by atomic mass is 9.82. The van der Waals surface area contributed by atoms with Crippen molar-refractivity contribution < 1.29 is 19.5 Å². The Labute approximate surface area is 186 Å². The number of nitrogens with zero attached hydrogens (tertiary/aromatic N) is 2. The zero-order chi connectivity index (χ0) is 22.7. The van der Waals surface area contributed by atoms with Crippen LogP contribution in [-0.2, 0) is 16.1 Å². The zero-order valence-corrected chi connectivity index (χ0v) is 17.9. The van der Waals surface area contributed by atoms with E-state index < -0.39 is 18.2 Å². The molecule has 1 saturated carbocycles. The van der Waals surface area contributed by atoms with Crippen LogP contribution in [0.25, 0.3) is 10.8 Å². The van der Waals surface area contributed by atoms with Gasteiger partial charge in [0.1, 0.15) is 17.9 Å². The summed E-state index contributed by atoms with van der Waals surface area (Å²) in [5, 5.41) is 16.4. The van der Waals surface area contributed by atoms with E-state index in [1.807, 2.05) is 24.3 Å². The summed E-state index contributed by atoms with van der Waals surface area (Å²) in [5.74, 6) is -0.0728. The van der Waals surface area contributed by atoms with Gasteiger partial charge in [0.25, 0.3) is 0 Å². The van der Waals surface area contributed by atoms with E-state index in [9.17, 15) is 19.5 Å². The van der Waals surface area contributed by atoms with Crippen molar-refractivity contribution >= 4 is 34.5 Å². The predicted molar refractivity (Wildman–Crippen MR) is 120 cm³/mol. The van der Waals surface area contributed by atoms with Crippen LogP contribution in [0.5, 0.6) is 0 Å². The third kappa shape index (κ3) is 4.61. The highest BCUT2D eigenvalue weighted by Crippen LogP contribution is 2.29. The molecular weight excluding hydrogens is 410 g/mol. The Morgan fingerprint density at radius 3 is 2.62 bits per heavy atom. The van der Waals surface area contributed by atoms with Gasteiger partial charge in [-0.3, -0.25) is 9.59 Å². The number of carbonyl (C=O) groups is 3. The summed E-state index contributed by atoms with van der Waals surface area (Å²) in [5.41, 5.74) is 6.80. The van der Waals surface area contributed by atoms with E-state index >= 15 is 0 Å². The molecule has 0 bridgehead atoms. The number of carboxylic acid groups (broad SMARTS) is 1. The van der Waals surface area contributed by atoms with E-state index in [4.69, 9.17) is 5.73 Å². The molecule has 3 amide bonds. The summed E-state index contributed by atoms with van der Waals surface area (Å²) >= 11 is 0. The normalized spacial score (nSPS) is 19.8. The molecule has 2 heterocycles. The Kier molecular flexibility index (Phi) is 6.43. The van der Waals surface area contributed by atoms with E-state index in [1.165, 1.54) is 4.90 Å². The number of nitrogens with two attached hydrogens (primary N) is 1. The second-order valence-electron chi connectivity index (χ2n) is 8.63. The summed E-state index contributed by atoms with van der Waals surface area (Å²) in [7, 11) is 0. The monoisotopic (exact) mass is 439 g/mol. The molecule has 4 rings (SSSR count). The summed E-state index contributed by atoms with van der Waals surface area (Å²) in [6.45, 7) is 0.790. The number of fused-ring (bicyclic) bond motifs is 1. The lowest BCUT2D eigenvalue weighted by molar-refractivity contribution is -0.150. The number of aromatic nitrogens is 1. The smallest absolute Gasteiger partial charge is 0.405 e. The Balaban J connectivity index is 1.38. The molecule has 32 heavy (non-hydrogen) atoms. The SMILES string of the molecule is Nc1nccc2cc(CNC(=O)[C@@H]3CCN3C(=O)C(NC(=O)O)C3CCCCC3)ccc12. The first kappa shape index (κ1) is 21.9. The molecule has 2 atom stereocenters. The van der Waals surface area contributed by atoms with Crippen molar-refractivity contribution in [3.63, 3.8) is 0 Å². The largest absolute Gasteiger partial charge is 0.465 e. The third-order valence-electron chi connectivity index (χ3n) is 6.60. The highest BCUT2D eigenvalue weighted by atomic mass is 16.4. The van der Waals surface area contributed by atoms with Gasteiger partial charge in [0.2, 0.25) is 11.8 Å². The summed E-state index contributed by atoms with van der Waals surface area (Å²) < 4.78 is 0. The summed E-state index contributed by atoms with van der Waals surface area (Å²) in [6.07, 6.45) is 5.75. The van der Waals surface area contributed by atoms with Gasteiger partial charge in [-0.2, -0.15) is 0 Å². The highest BCUT2D eigenvalue weighted by molar-refractivity contribution is 5.93. The van der Waals surface area contributed by atoms with E-state index in [-0.39, 0.29) is 17.7 Å². The maximum absolute atomic E-state index is 13.1. The topological polar surface area (TPSA) is 138 Å². The quantitative estimate of drug-likeness (QED) is 0.545. The van der Waals surface area contributed by atoms with Gasteiger partial charge < -0.3 is 26.4 Å². The van der Waals surface area contributed by atoms with E-state index in [2.05, 4.69) is 15.6 Å². The average molecular weight is 440 g/mol. The second-order valence-corrected chi connectivity index (χ2v) is 8.63. The summed E-state index contributed by atoms with van der Waals surface area (Å²) in [6, 6.07) is 6.23. The van der Waals surface area contributed by atoms with Gasteiger partial charge in [-0.25, -0.2) is 9.78 Å². The number of rotatable bonds is 6. The molecule has 0 radical (unpaired) electrons. The predicted octanol–water partition coefficient (Wildman–Crippen LogP) is 2.25. The molecule has 1 aromatic carbocycles. The van der Waals surface area contributed by atoms with Gasteiger partial charge >= 0.3 is 6.09 Å². The molecule has 2 aromatic rings. The molecule has 1 aliphatic heterocycles. The zero-order valence-electron chi connectivity index (χ0n) is 17.9. The van der Waals surface area contributed by atoms with Crippen LogP contribution in [0.2, 0.25) is 0 Å². The fourth-order valence-electron chi connectivity index (χ4n) is 4.75. The standard InChI is InChI=1S/C23H29N5O4/c24-20-17-7-6-14(12-16(17)8-10-25-20)13-26-21(29)18-9-11-28(18)22(30)19(27-23(31)32)15-4-2-1-3-5-15/h6-8,10,12,15,18-19,27H,1-5,9,11,13H2,(H2,24,25)(H,26,29)(H,31,32)/t18-,19?/m0/s1. The maximum atomic E-state index is 13.1. The Bertz CT molecular complexity index is 1020. The van der Waals surface area contributed by atoms with Crippen molar-refractivity contribution in [1.82, 2.24) is 20.5 Å². The number of anilines is 1. The molecule has 2 aliphatic rings. The Hall–Kier alpha value is -3.36. The van der Waals surface area contributed by atoms with Crippen molar-refractivity contribution in [2.75, 3.05) is 12.3 Å². The Morgan fingerprint density at radius 2 is 1.94 bits per heavy atom. The molecule has 1 unspecified atom stereocenters.